The third kappa shape index (κ3) is 6.79. The van der Waals surface area contributed by atoms with Gasteiger partial charge in [-0.15, -0.1) is 0 Å². The zero-order chi connectivity index (χ0) is 25.3. The van der Waals surface area contributed by atoms with Crippen LogP contribution in [0.25, 0.3) is 0 Å². The number of rotatable bonds is 11. The van der Waals surface area contributed by atoms with Crippen molar-refractivity contribution in [3.05, 3.63) is 94.5 Å². The van der Waals surface area contributed by atoms with Crippen LogP contribution in [0, 0.1) is 0 Å². The molecule has 2 amide bonds. The number of carbonyl (C=O) groups is 3. The fraction of sp³-hybridized carbons (Fsp3) is 0.276. The van der Waals surface area contributed by atoms with Crippen LogP contribution in [0.15, 0.2) is 66.7 Å². The van der Waals surface area contributed by atoms with Gasteiger partial charge in [0.05, 0.1) is 6.04 Å². The number of piperidine rings is 1. The summed E-state index contributed by atoms with van der Waals surface area (Å²) in [5.74, 6) is -0.561. The summed E-state index contributed by atoms with van der Waals surface area (Å²) in [4.78, 5) is 34.8. The van der Waals surface area contributed by atoms with Gasteiger partial charge in [-0.05, 0) is 59.4 Å². The van der Waals surface area contributed by atoms with Gasteiger partial charge in [0.1, 0.15) is 6.29 Å². The van der Waals surface area contributed by atoms with Gasteiger partial charge in [0, 0.05) is 43.0 Å². The third-order valence-corrected chi connectivity index (χ3v) is 6.42. The minimum Gasteiger partial charge on any atom is -0.381 e. The topological polar surface area (TPSA) is 99.3 Å². The summed E-state index contributed by atoms with van der Waals surface area (Å²) >= 11 is 0. The highest BCUT2D eigenvalue weighted by atomic mass is 16.2. The zero-order valence-electron chi connectivity index (χ0n) is 20.5. The van der Waals surface area contributed by atoms with Crippen LogP contribution in [0.1, 0.15) is 52.4 Å². The molecule has 0 bridgehead atoms. The molecule has 4 rings (SSSR count). The van der Waals surface area contributed by atoms with Crippen molar-refractivity contribution in [2.45, 2.75) is 51.9 Å². The van der Waals surface area contributed by atoms with Crippen molar-refractivity contribution in [2.24, 2.45) is 0 Å². The highest BCUT2D eigenvalue weighted by molar-refractivity contribution is 6.00. The van der Waals surface area contributed by atoms with Crippen molar-refractivity contribution < 1.29 is 14.4 Å². The molecule has 1 saturated heterocycles. The number of benzene rings is 3. The Hall–Kier alpha value is -3.97. The Kier molecular flexibility index (Phi) is 8.47. The van der Waals surface area contributed by atoms with E-state index in [9.17, 15) is 14.4 Å². The fourth-order valence-corrected chi connectivity index (χ4v) is 4.17. The van der Waals surface area contributed by atoms with Crippen molar-refractivity contribution in [3.8, 4) is 0 Å². The molecule has 0 saturated carbocycles. The van der Waals surface area contributed by atoms with Gasteiger partial charge in [0.25, 0.3) is 0 Å². The molecule has 36 heavy (non-hydrogen) atoms. The predicted octanol–water partition coefficient (Wildman–Crippen LogP) is 4.18. The average molecular weight is 485 g/mol. The largest absolute Gasteiger partial charge is 0.381 e. The maximum atomic E-state index is 12.0. The number of imide groups is 1. The summed E-state index contributed by atoms with van der Waals surface area (Å²) < 4.78 is 0. The van der Waals surface area contributed by atoms with Gasteiger partial charge in [0.15, 0.2) is 0 Å². The van der Waals surface area contributed by atoms with Crippen LogP contribution in [0.5, 0.6) is 0 Å². The zero-order valence-corrected chi connectivity index (χ0v) is 20.5. The molecule has 1 unspecified atom stereocenters. The van der Waals surface area contributed by atoms with E-state index in [2.05, 4.69) is 52.5 Å². The molecule has 0 spiro atoms. The normalized spacial score (nSPS) is 15.3. The number of hydrogen-bond acceptors (Lipinski definition) is 6. The molecule has 1 heterocycles. The van der Waals surface area contributed by atoms with Crippen molar-refractivity contribution in [2.75, 3.05) is 10.6 Å². The quantitative estimate of drug-likeness (QED) is 0.241. The molecular formula is C29H32N4O3. The van der Waals surface area contributed by atoms with Crippen LogP contribution < -0.4 is 21.3 Å². The standard InChI is InChI=1S/C29H32N4O3/c1-2-20-3-5-21(6-4-20)16-30-25-9-11-26(12-10-25)31-17-22-7-8-23(19-34)24(15-22)18-32-27-13-14-28(35)33-29(27)36/h3-12,15,19,27,30-32H,2,13-14,16-18H2,1H3,(H,33,35,36). The van der Waals surface area contributed by atoms with E-state index in [-0.39, 0.29) is 11.8 Å². The Balaban J connectivity index is 1.30. The van der Waals surface area contributed by atoms with Crippen molar-refractivity contribution in [3.63, 3.8) is 0 Å². The minimum atomic E-state index is -0.438. The van der Waals surface area contributed by atoms with E-state index in [0.29, 0.717) is 31.5 Å². The van der Waals surface area contributed by atoms with Gasteiger partial charge < -0.3 is 16.0 Å². The van der Waals surface area contributed by atoms with Crippen molar-refractivity contribution >= 4 is 29.5 Å². The Morgan fingerprint density at radius 1 is 0.833 bits per heavy atom. The van der Waals surface area contributed by atoms with E-state index in [1.54, 1.807) is 6.07 Å². The number of amides is 2. The van der Waals surface area contributed by atoms with Gasteiger partial charge in [-0.2, -0.15) is 0 Å². The molecule has 3 aromatic carbocycles. The molecule has 186 valence electrons. The van der Waals surface area contributed by atoms with Crippen LogP contribution in [0.4, 0.5) is 11.4 Å². The van der Waals surface area contributed by atoms with Gasteiger partial charge in [0.2, 0.25) is 11.8 Å². The van der Waals surface area contributed by atoms with Crippen molar-refractivity contribution in [1.29, 1.82) is 0 Å². The van der Waals surface area contributed by atoms with E-state index in [0.717, 1.165) is 41.8 Å². The van der Waals surface area contributed by atoms with E-state index in [1.165, 1.54) is 11.1 Å². The molecule has 1 atom stereocenters. The second-order valence-corrected chi connectivity index (χ2v) is 8.99. The Bertz CT molecular complexity index is 1210. The number of hydrogen-bond donors (Lipinski definition) is 4. The predicted molar refractivity (Wildman–Crippen MR) is 142 cm³/mol. The number of carbonyl (C=O) groups excluding carboxylic acids is 3. The van der Waals surface area contributed by atoms with Gasteiger partial charge in [-0.25, -0.2) is 0 Å². The van der Waals surface area contributed by atoms with Crippen LogP contribution >= 0.6 is 0 Å². The van der Waals surface area contributed by atoms with Crippen LogP contribution in [-0.2, 0) is 35.6 Å². The summed E-state index contributed by atoms with van der Waals surface area (Å²) in [5, 5.41) is 12.4. The fourth-order valence-electron chi connectivity index (χ4n) is 4.17. The monoisotopic (exact) mass is 484 g/mol. The first-order chi connectivity index (χ1) is 17.5. The van der Waals surface area contributed by atoms with Crippen molar-refractivity contribution in [1.82, 2.24) is 10.6 Å². The third-order valence-electron chi connectivity index (χ3n) is 6.42. The first kappa shape index (κ1) is 25.1. The molecule has 7 nitrogen and oxygen atoms in total. The lowest BCUT2D eigenvalue weighted by molar-refractivity contribution is -0.134. The lowest BCUT2D eigenvalue weighted by atomic mass is 10.0. The van der Waals surface area contributed by atoms with Gasteiger partial charge in [-0.1, -0.05) is 49.4 Å². The molecular weight excluding hydrogens is 452 g/mol. The van der Waals surface area contributed by atoms with Gasteiger partial charge >= 0.3 is 0 Å². The molecule has 0 aliphatic carbocycles. The van der Waals surface area contributed by atoms with Crippen LogP contribution in [-0.4, -0.2) is 24.1 Å². The maximum Gasteiger partial charge on any atom is 0.243 e. The molecule has 1 aliphatic rings. The summed E-state index contributed by atoms with van der Waals surface area (Å²) in [7, 11) is 0. The van der Waals surface area contributed by atoms with Crippen LogP contribution in [0.2, 0.25) is 0 Å². The SMILES string of the molecule is CCc1ccc(CNc2ccc(NCc3ccc(C=O)c(CNC4CCC(=O)NC4=O)c3)cc2)cc1. The molecule has 7 heteroatoms. The molecule has 3 aromatic rings. The number of aldehydes is 1. The number of nitrogens with one attached hydrogen (secondary N) is 4. The molecule has 1 fully saturated rings. The molecule has 0 aromatic heterocycles. The maximum absolute atomic E-state index is 12.0. The Labute approximate surface area is 211 Å². The van der Waals surface area contributed by atoms with E-state index < -0.39 is 6.04 Å². The summed E-state index contributed by atoms with van der Waals surface area (Å²) in [6.45, 7) is 3.90. The second kappa shape index (κ2) is 12.1. The van der Waals surface area contributed by atoms with E-state index >= 15 is 0 Å². The first-order valence-electron chi connectivity index (χ1n) is 12.3. The molecule has 0 radical (unpaired) electrons. The number of aryl methyl sites for hydroxylation is 1. The average Bonchev–Trinajstić information content (AvgIpc) is 2.91. The lowest BCUT2D eigenvalue weighted by Crippen LogP contribution is -2.50. The minimum absolute atomic E-state index is 0.245. The summed E-state index contributed by atoms with van der Waals surface area (Å²) in [6.07, 6.45) is 2.64. The lowest BCUT2D eigenvalue weighted by Gasteiger charge is -2.22. The summed E-state index contributed by atoms with van der Waals surface area (Å²) in [6, 6.07) is 22.1. The number of anilines is 2. The highest BCUT2D eigenvalue weighted by Gasteiger charge is 2.26. The Morgan fingerprint density at radius 3 is 2.06 bits per heavy atom. The highest BCUT2D eigenvalue weighted by Crippen LogP contribution is 2.18. The van der Waals surface area contributed by atoms with E-state index in [4.69, 9.17) is 0 Å². The first-order valence-corrected chi connectivity index (χ1v) is 12.3. The second-order valence-electron chi connectivity index (χ2n) is 8.99. The summed E-state index contributed by atoms with van der Waals surface area (Å²) in [5.41, 5.74) is 7.06. The van der Waals surface area contributed by atoms with Crippen LogP contribution in [0.3, 0.4) is 0 Å². The smallest absolute Gasteiger partial charge is 0.243 e. The Morgan fingerprint density at radius 2 is 1.44 bits per heavy atom. The molecule has 1 aliphatic heterocycles. The van der Waals surface area contributed by atoms with Gasteiger partial charge in [-0.3, -0.25) is 19.7 Å². The van der Waals surface area contributed by atoms with E-state index in [1.807, 2.05) is 36.4 Å². The molecule has 4 N–H and O–H groups in total.